The monoisotopic (exact) mass is 296 g/mol. The maximum atomic E-state index is 13.3. The second-order valence-corrected chi connectivity index (χ2v) is 4.08. The maximum absolute atomic E-state index is 13.3. The molecule has 1 aromatic heterocycles. The number of nitriles is 1. The van der Waals surface area contributed by atoms with E-state index in [1.165, 1.54) is 24.4 Å². The molecule has 0 atom stereocenters. The number of nitrogens with zero attached hydrogens (tertiary/aromatic N) is 2. The summed E-state index contributed by atoms with van der Waals surface area (Å²) in [5, 5.41) is 8.58. The first kappa shape index (κ1) is 14.8. The van der Waals surface area contributed by atoms with Gasteiger partial charge < -0.3 is 4.74 Å². The van der Waals surface area contributed by atoms with Crippen LogP contribution < -0.4 is 4.74 Å². The molecule has 0 saturated heterocycles. The molecule has 0 aliphatic carbocycles. The van der Waals surface area contributed by atoms with E-state index in [4.69, 9.17) is 5.26 Å². The lowest BCUT2D eigenvalue weighted by atomic mass is 10.0. The highest BCUT2D eigenvalue weighted by Gasteiger charge is 2.30. The number of halogens is 4. The van der Waals surface area contributed by atoms with Gasteiger partial charge in [0, 0.05) is 17.3 Å². The smallest absolute Gasteiger partial charge is 0.406 e. The summed E-state index contributed by atoms with van der Waals surface area (Å²) in [6, 6.07) is 8.34. The van der Waals surface area contributed by atoms with Crippen LogP contribution in [0.3, 0.4) is 0 Å². The quantitative estimate of drug-likeness (QED) is 0.638. The Morgan fingerprint density at radius 3 is 2.38 bits per heavy atom. The third-order valence-electron chi connectivity index (χ3n) is 2.60. The fourth-order valence-corrected chi connectivity index (χ4v) is 1.71. The van der Waals surface area contributed by atoms with Crippen molar-refractivity contribution in [1.82, 2.24) is 4.98 Å². The van der Waals surface area contributed by atoms with E-state index >= 15 is 0 Å². The van der Waals surface area contributed by atoms with Gasteiger partial charge in [0.05, 0.1) is 12.5 Å². The van der Waals surface area contributed by atoms with E-state index in [9.17, 15) is 17.6 Å². The highest BCUT2D eigenvalue weighted by Crippen LogP contribution is 2.27. The Balaban J connectivity index is 2.27. The Labute approximate surface area is 117 Å². The zero-order valence-corrected chi connectivity index (χ0v) is 10.5. The average Bonchev–Trinajstić information content (AvgIpc) is 2.41. The van der Waals surface area contributed by atoms with Crippen molar-refractivity contribution in [3.8, 4) is 22.9 Å². The predicted molar refractivity (Wildman–Crippen MR) is 65.6 cm³/mol. The summed E-state index contributed by atoms with van der Waals surface area (Å²) in [5.74, 6) is -1.09. The average molecular weight is 296 g/mol. The van der Waals surface area contributed by atoms with Crippen molar-refractivity contribution in [2.45, 2.75) is 12.8 Å². The minimum atomic E-state index is -4.75. The fourth-order valence-electron chi connectivity index (χ4n) is 1.71. The Hall–Kier alpha value is -2.62. The van der Waals surface area contributed by atoms with Crippen LogP contribution in [-0.4, -0.2) is 11.3 Å². The van der Waals surface area contributed by atoms with Crippen molar-refractivity contribution >= 4 is 0 Å². The minimum Gasteiger partial charge on any atom is -0.406 e. The van der Waals surface area contributed by atoms with Crippen LogP contribution >= 0.6 is 0 Å². The van der Waals surface area contributed by atoms with Gasteiger partial charge in [-0.05, 0) is 23.8 Å². The molecule has 0 radical (unpaired) electrons. The van der Waals surface area contributed by atoms with Gasteiger partial charge in [-0.2, -0.15) is 9.65 Å². The molecule has 2 aromatic rings. The van der Waals surface area contributed by atoms with Gasteiger partial charge in [0.2, 0.25) is 5.95 Å². The summed E-state index contributed by atoms with van der Waals surface area (Å²) in [5.41, 5.74) is 1.17. The molecule has 0 spiro atoms. The van der Waals surface area contributed by atoms with Crippen LogP contribution in [0.5, 0.6) is 5.75 Å². The molecule has 0 bridgehead atoms. The number of rotatable bonds is 3. The Morgan fingerprint density at radius 1 is 1.14 bits per heavy atom. The van der Waals surface area contributed by atoms with Gasteiger partial charge in [-0.25, -0.2) is 4.98 Å². The van der Waals surface area contributed by atoms with E-state index in [0.717, 1.165) is 12.1 Å². The molecule has 108 valence electrons. The molecule has 0 saturated carbocycles. The number of alkyl halides is 3. The topological polar surface area (TPSA) is 45.9 Å². The maximum Gasteiger partial charge on any atom is 0.573 e. The first-order valence-electron chi connectivity index (χ1n) is 5.76. The first-order valence-corrected chi connectivity index (χ1v) is 5.76. The Bertz CT molecular complexity index is 675. The second-order valence-electron chi connectivity index (χ2n) is 4.08. The normalized spacial score (nSPS) is 11.0. The fraction of sp³-hybridized carbons (Fsp3) is 0.143. The molecule has 0 aliphatic rings. The summed E-state index contributed by atoms with van der Waals surface area (Å²) >= 11 is 0. The zero-order valence-electron chi connectivity index (χ0n) is 10.5. The number of aromatic nitrogens is 1. The van der Waals surface area contributed by atoms with Crippen molar-refractivity contribution in [1.29, 1.82) is 5.26 Å². The zero-order chi connectivity index (χ0) is 15.5. The van der Waals surface area contributed by atoms with Crippen molar-refractivity contribution < 1.29 is 22.3 Å². The van der Waals surface area contributed by atoms with Gasteiger partial charge in [0.1, 0.15) is 5.75 Å². The summed E-state index contributed by atoms with van der Waals surface area (Å²) in [6.45, 7) is 0. The van der Waals surface area contributed by atoms with E-state index in [2.05, 4.69) is 9.72 Å². The van der Waals surface area contributed by atoms with Crippen LogP contribution in [0.15, 0.2) is 36.5 Å². The molecule has 0 N–H and O–H groups in total. The van der Waals surface area contributed by atoms with Crippen LogP contribution in [0, 0.1) is 17.3 Å². The van der Waals surface area contributed by atoms with Gasteiger partial charge in [0.25, 0.3) is 0 Å². The molecule has 1 aromatic carbocycles. The van der Waals surface area contributed by atoms with E-state index in [1.807, 2.05) is 6.07 Å². The molecule has 0 aliphatic heterocycles. The molecule has 0 amide bonds. The van der Waals surface area contributed by atoms with Crippen molar-refractivity contribution in [2.75, 3.05) is 0 Å². The lowest BCUT2D eigenvalue weighted by Gasteiger charge is -2.09. The van der Waals surface area contributed by atoms with Gasteiger partial charge >= 0.3 is 6.36 Å². The summed E-state index contributed by atoms with van der Waals surface area (Å²) in [4.78, 5) is 3.53. The van der Waals surface area contributed by atoms with E-state index in [0.29, 0.717) is 11.1 Å². The third kappa shape index (κ3) is 3.92. The molecular weight excluding hydrogens is 288 g/mol. The molecule has 3 nitrogen and oxygen atoms in total. The Morgan fingerprint density at radius 2 is 1.81 bits per heavy atom. The van der Waals surface area contributed by atoms with Crippen LogP contribution in [0.2, 0.25) is 0 Å². The highest BCUT2D eigenvalue weighted by molar-refractivity contribution is 5.64. The van der Waals surface area contributed by atoms with Crippen LogP contribution in [0.4, 0.5) is 17.6 Å². The highest BCUT2D eigenvalue weighted by atomic mass is 19.4. The largest absolute Gasteiger partial charge is 0.573 e. The lowest BCUT2D eigenvalue weighted by molar-refractivity contribution is -0.274. The van der Waals surface area contributed by atoms with E-state index in [1.54, 1.807) is 0 Å². The first-order chi connectivity index (χ1) is 9.89. The summed E-state index contributed by atoms with van der Waals surface area (Å²) in [7, 11) is 0. The van der Waals surface area contributed by atoms with Gasteiger partial charge in [-0.1, -0.05) is 12.1 Å². The molecule has 21 heavy (non-hydrogen) atoms. The molecule has 0 fully saturated rings. The van der Waals surface area contributed by atoms with E-state index < -0.39 is 12.3 Å². The SMILES string of the molecule is N#CCc1cc(-c2ccc(OC(F)(F)F)cc2)cnc1F. The molecule has 2 rings (SSSR count). The van der Waals surface area contributed by atoms with Gasteiger partial charge in [-0.3, -0.25) is 0 Å². The van der Waals surface area contributed by atoms with Crippen molar-refractivity contribution in [2.24, 2.45) is 0 Å². The number of hydrogen-bond acceptors (Lipinski definition) is 3. The number of pyridine rings is 1. The molecule has 7 heteroatoms. The molecular formula is C14H8F4N2O. The summed E-state index contributed by atoms with van der Waals surface area (Å²) in [6.07, 6.45) is -3.64. The van der Waals surface area contributed by atoms with Crippen LogP contribution in [0.25, 0.3) is 11.1 Å². The molecule has 0 unspecified atom stereocenters. The van der Waals surface area contributed by atoms with E-state index in [-0.39, 0.29) is 17.7 Å². The minimum absolute atomic E-state index is 0.130. The third-order valence-corrected chi connectivity index (χ3v) is 2.60. The van der Waals surface area contributed by atoms with Crippen LogP contribution in [0.1, 0.15) is 5.56 Å². The van der Waals surface area contributed by atoms with Gasteiger partial charge in [-0.15, -0.1) is 13.2 Å². The molecule has 1 heterocycles. The number of benzene rings is 1. The van der Waals surface area contributed by atoms with Crippen LogP contribution in [-0.2, 0) is 6.42 Å². The van der Waals surface area contributed by atoms with Crippen molar-refractivity contribution in [3.63, 3.8) is 0 Å². The standard InChI is InChI=1S/C14H8F4N2O/c15-13-10(5-6-19)7-11(8-20-13)9-1-3-12(4-2-9)21-14(16,17)18/h1-4,7-8H,5H2. The summed E-state index contributed by atoms with van der Waals surface area (Å²) < 4.78 is 53.2. The Kier molecular flexibility index (Phi) is 4.08. The number of ether oxygens (including phenoxy) is 1. The lowest BCUT2D eigenvalue weighted by Crippen LogP contribution is -2.16. The predicted octanol–water partition coefficient (Wildman–Crippen LogP) is 3.85. The second kappa shape index (κ2) is 5.79. The number of hydrogen-bond donors (Lipinski definition) is 0. The van der Waals surface area contributed by atoms with Crippen molar-refractivity contribution in [3.05, 3.63) is 48.0 Å². The van der Waals surface area contributed by atoms with Gasteiger partial charge in [0.15, 0.2) is 0 Å².